The Hall–Kier alpha value is -2.76. The van der Waals surface area contributed by atoms with Crippen molar-refractivity contribution in [2.75, 3.05) is 13.2 Å². The molecule has 0 unspecified atom stereocenters. The molecule has 0 saturated carbocycles. The van der Waals surface area contributed by atoms with Gasteiger partial charge >= 0.3 is 11.9 Å². The fourth-order valence-corrected chi connectivity index (χ4v) is 1.80. The molecule has 2 aromatic rings. The minimum Gasteiger partial charge on any atom is -0.490 e. The normalized spacial score (nSPS) is 9.26. The second-order valence-electron chi connectivity index (χ2n) is 4.75. The Labute approximate surface area is 167 Å². The molecular formula is C20H18Cl2O5. The summed E-state index contributed by atoms with van der Waals surface area (Å²) in [5.74, 6) is 0.227. The van der Waals surface area contributed by atoms with Gasteiger partial charge in [0.25, 0.3) is 0 Å². The Morgan fingerprint density at radius 3 is 1.74 bits per heavy atom. The standard InChI is InChI=1S/C11H11ClO3.C9H7ClO2/c1-2-11(13)15-8-7-14-10-5-3-9(12)4-6-10;1-2-9(11)12-8-5-3-7(10)4-6-8/h2-6H,1,7-8H2;2-6H,1H2. The van der Waals surface area contributed by atoms with E-state index in [-0.39, 0.29) is 6.61 Å². The highest BCUT2D eigenvalue weighted by Crippen LogP contribution is 2.16. The van der Waals surface area contributed by atoms with Gasteiger partial charge in [0.05, 0.1) is 0 Å². The summed E-state index contributed by atoms with van der Waals surface area (Å²) in [6.07, 6.45) is 2.22. The van der Waals surface area contributed by atoms with Gasteiger partial charge in [0.15, 0.2) is 0 Å². The molecule has 0 aromatic heterocycles. The van der Waals surface area contributed by atoms with Gasteiger partial charge in [-0.2, -0.15) is 0 Å². The van der Waals surface area contributed by atoms with Crippen LogP contribution in [0.4, 0.5) is 0 Å². The lowest BCUT2D eigenvalue weighted by Crippen LogP contribution is -2.09. The molecule has 2 aromatic carbocycles. The van der Waals surface area contributed by atoms with Crippen LogP contribution in [0.15, 0.2) is 73.8 Å². The summed E-state index contributed by atoms with van der Waals surface area (Å²) in [6.45, 7) is 7.06. The largest absolute Gasteiger partial charge is 0.490 e. The van der Waals surface area contributed by atoms with Gasteiger partial charge in [0, 0.05) is 22.2 Å². The molecule has 0 N–H and O–H groups in total. The molecule has 142 valence electrons. The maximum atomic E-state index is 10.7. The molecule has 7 heteroatoms. The molecule has 0 atom stereocenters. The van der Waals surface area contributed by atoms with E-state index in [4.69, 9.17) is 37.4 Å². The van der Waals surface area contributed by atoms with Crippen molar-refractivity contribution < 1.29 is 23.8 Å². The number of carbonyl (C=O) groups excluding carboxylic acids is 2. The Morgan fingerprint density at radius 2 is 1.26 bits per heavy atom. The lowest BCUT2D eigenvalue weighted by atomic mass is 10.3. The van der Waals surface area contributed by atoms with E-state index in [9.17, 15) is 9.59 Å². The van der Waals surface area contributed by atoms with Gasteiger partial charge in [-0.05, 0) is 48.5 Å². The molecule has 2 rings (SSSR count). The maximum absolute atomic E-state index is 10.7. The van der Waals surface area contributed by atoms with Crippen molar-refractivity contribution in [2.45, 2.75) is 0 Å². The zero-order chi connectivity index (χ0) is 20.1. The van der Waals surface area contributed by atoms with Crippen LogP contribution < -0.4 is 9.47 Å². The zero-order valence-electron chi connectivity index (χ0n) is 14.4. The van der Waals surface area contributed by atoms with Crippen LogP contribution in [-0.4, -0.2) is 25.2 Å². The van der Waals surface area contributed by atoms with Crippen molar-refractivity contribution in [1.82, 2.24) is 0 Å². The molecule has 0 heterocycles. The van der Waals surface area contributed by atoms with Crippen LogP contribution in [-0.2, 0) is 14.3 Å². The predicted molar refractivity (Wildman–Crippen MR) is 105 cm³/mol. The highest BCUT2D eigenvalue weighted by Gasteiger charge is 1.98. The van der Waals surface area contributed by atoms with Crippen LogP contribution in [0.1, 0.15) is 0 Å². The second kappa shape index (κ2) is 12.6. The quantitative estimate of drug-likeness (QED) is 0.282. The molecule has 0 spiro atoms. The van der Waals surface area contributed by atoms with E-state index in [2.05, 4.69) is 13.2 Å². The van der Waals surface area contributed by atoms with E-state index < -0.39 is 11.9 Å². The van der Waals surface area contributed by atoms with E-state index in [1.807, 2.05) is 0 Å². The fraction of sp³-hybridized carbons (Fsp3) is 0.100. The molecule has 0 aliphatic heterocycles. The van der Waals surface area contributed by atoms with Crippen molar-refractivity contribution in [3.63, 3.8) is 0 Å². The summed E-state index contributed by atoms with van der Waals surface area (Å²) in [4.78, 5) is 21.3. The van der Waals surface area contributed by atoms with E-state index in [0.717, 1.165) is 12.2 Å². The van der Waals surface area contributed by atoms with Gasteiger partial charge in [-0.1, -0.05) is 36.4 Å². The van der Waals surface area contributed by atoms with Crippen LogP contribution >= 0.6 is 23.2 Å². The first-order valence-electron chi connectivity index (χ1n) is 7.72. The van der Waals surface area contributed by atoms with Crippen molar-refractivity contribution in [2.24, 2.45) is 0 Å². The third kappa shape index (κ3) is 10.1. The van der Waals surface area contributed by atoms with Crippen molar-refractivity contribution >= 4 is 35.1 Å². The van der Waals surface area contributed by atoms with Crippen molar-refractivity contribution in [1.29, 1.82) is 0 Å². The fourth-order valence-electron chi connectivity index (χ4n) is 1.55. The molecule has 5 nitrogen and oxygen atoms in total. The van der Waals surface area contributed by atoms with Crippen LogP contribution in [0, 0.1) is 0 Å². The molecule has 0 saturated heterocycles. The van der Waals surface area contributed by atoms with Gasteiger partial charge in [-0.15, -0.1) is 0 Å². The highest BCUT2D eigenvalue weighted by atomic mass is 35.5. The minimum atomic E-state index is -0.475. The lowest BCUT2D eigenvalue weighted by molar-refractivity contribution is -0.138. The van der Waals surface area contributed by atoms with E-state index in [1.165, 1.54) is 0 Å². The number of esters is 2. The molecule has 0 fully saturated rings. The monoisotopic (exact) mass is 408 g/mol. The van der Waals surface area contributed by atoms with Gasteiger partial charge < -0.3 is 14.2 Å². The topological polar surface area (TPSA) is 61.8 Å². The molecule has 0 aliphatic carbocycles. The van der Waals surface area contributed by atoms with E-state index >= 15 is 0 Å². The number of ether oxygens (including phenoxy) is 3. The summed E-state index contributed by atoms with van der Waals surface area (Å²) >= 11 is 11.3. The van der Waals surface area contributed by atoms with Gasteiger partial charge in [0.2, 0.25) is 0 Å². The third-order valence-corrected chi connectivity index (χ3v) is 3.28. The number of benzene rings is 2. The maximum Gasteiger partial charge on any atom is 0.335 e. The molecule has 27 heavy (non-hydrogen) atoms. The summed E-state index contributed by atoms with van der Waals surface area (Å²) in [5.41, 5.74) is 0. The average molecular weight is 409 g/mol. The Kier molecular flexibility index (Phi) is 10.4. The van der Waals surface area contributed by atoms with Crippen molar-refractivity contribution in [3.8, 4) is 11.5 Å². The number of rotatable bonds is 7. The van der Waals surface area contributed by atoms with E-state index in [0.29, 0.717) is 28.2 Å². The minimum absolute atomic E-state index is 0.202. The Balaban J connectivity index is 0.000000277. The first-order valence-corrected chi connectivity index (χ1v) is 8.47. The average Bonchev–Trinajstić information content (AvgIpc) is 2.68. The Bertz CT molecular complexity index is 755. The third-order valence-electron chi connectivity index (χ3n) is 2.78. The molecular weight excluding hydrogens is 391 g/mol. The van der Waals surface area contributed by atoms with Crippen LogP contribution in [0.3, 0.4) is 0 Å². The summed E-state index contributed by atoms with van der Waals surface area (Å²) in [6, 6.07) is 13.5. The van der Waals surface area contributed by atoms with Crippen LogP contribution in [0.25, 0.3) is 0 Å². The highest BCUT2D eigenvalue weighted by molar-refractivity contribution is 6.30. The van der Waals surface area contributed by atoms with Crippen LogP contribution in [0.2, 0.25) is 10.0 Å². The first-order chi connectivity index (χ1) is 12.9. The van der Waals surface area contributed by atoms with Crippen LogP contribution in [0.5, 0.6) is 11.5 Å². The SMILES string of the molecule is C=CC(=O)OCCOc1ccc(Cl)cc1.C=CC(=O)Oc1ccc(Cl)cc1. The summed E-state index contributed by atoms with van der Waals surface area (Å²) in [5, 5.41) is 1.26. The number of hydrogen-bond donors (Lipinski definition) is 0. The number of carbonyl (C=O) groups is 2. The Morgan fingerprint density at radius 1 is 0.778 bits per heavy atom. The van der Waals surface area contributed by atoms with E-state index in [1.54, 1.807) is 48.5 Å². The van der Waals surface area contributed by atoms with Crippen molar-refractivity contribution in [3.05, 3.63) is 83.9 Å². The number of hydrogen-bond acceptors (Lipinski definition) is 5. The summed E-state index contributed by atoms with van der Waals surface area (Å²) < 4.78 is 14.8. The van der Waals surface area contributed by atoms with Gasteiger partial charge in [-0.25, -0.2) is 9.59 Å². The van der Waals surface area contributed by atoms with Gasteiger partial charge in [-0.3, -0.25) is 0 Å². The molecule has 0 amide bonds. The second-order valence-corrected chi connectivity index (χ2v) is 5.63. The van der Waals surface area contributed by atoms with Gasteiger partial charge in [0.1, 0.15) is 24.7 Å². The molecule has 0 aliphatic rings. The summed E-state index contributed by atoms with van der Waals surface area (Å²) in [7, 11) is 0. The number of halogens is 2. The zero-order valence-corrected chi connectivity index (χ0v) is 15.9. The molecule has 0 bridgehead atoms. The smallest absolute Gasteiger partial charge is 0.335 e. The lowest BCUT2D eigenvalue weighted by Gasteiger charge is -2.05. The molecule has 0 radical (unpaired) electrons. The first kappa shape index (κ1) is 22.3. The predicted octanol–water partition coefficient (Wildman–Crippen LogP) is 4.88.